The highest BCUT2D eigenvalue weighted by Crippen LogP contribution is 2.65. The van der Waals surface area contributed by atoms with Gasteiger partial charge in [-0.1, -0.05) is 53.0 Å². The summed E-state index contributed by atoms with van der Waals surface area (Å²) >= 11 is 0. The fourth-order valence-corrected chi connectivity index (χ4v) is 7.29. The number of amides is 5. The van der Waals surface area contributed by atoms with Crippen LogP contribution in [0.4, 0.5) is 4.79 Å². The molecule has 1 heterocycles. The fraction of sp³-hybridized carbons (Fsp3) is 0.771. The van der Waals surface area contributed by atoms with Crippen LogP contribution in [-0.2, 0) is 24.0 Å². The fourth-order valence-electron chi connectivity index (χ4n) is 7.29. The maximum atomic E-state index is 14.3. The van der Waals surface area contributed by atoms with E-state index in [0.717, 1.165) is 32.1 Å². The maximum absolute atomic E-state index is 14.3. The molecule has 0 bridgehead atoms. The summed E-state index contributed by atoms with van der Waals surface area (Å²) in [7, 11) is 0. The highest BCUT2D eigenvalue weighted by Gasteiger charge is 2.69. The van der Waals surface area contributed by atoms with Crippen LogP contribution in [0.15, 0.2) is 12.7 Å². The van der Waals surface area contributed by atoms with Crippen LogP contribution < -0.4 is 21.3 Å². The molecule has 1 aliphatic heterocycles. The second-order valence-corrected chi connectivity index (χ2v) is 15.5. The third-order valence-electron chi connectivity index (χ3n) is 9.76. The SMILES string of the molecule is C=CCCC(NC(=O)[C@@H]1[C@@H]2[C@H](CN1C(=O)[C@@H](NC(=O)NC(C)(C)C)C1CCCCC1)C2(C)C)C(=O)C(=O)NCCC(=O)CC(C)C. The highest BCUT2D eigenvalue weighted by molar-refractivity contribution is 6.38. The van der Waals surface area contributed by atoms with Crippen molar-refractivity contribution >= 4 is 35.3 Å². The van der Waals surface area contributed by atoms with E-state index in [2.05, 4.69) is 41.7 Å². The number of hydrogen-bond donors (Lipinski definition) is 4. The molecule has 5 amide bonds. The van der Waals surface area contributed by atoms with Gasteiger partial charge in [-0.2, -0.15) is 0 Å². The number of urea groups is 1. The molecule has 2 aliphatic carbocycles. The number of hydrogen-bond acceptors (Lipinski definition) is 6. The molecule has 1 saturated heterocycles. The molecule has 0 radical (unpaired) electrons. The standard InChI is InChI=1S/C35H57N5O6/c1-9-10-16-25(29(42)31(44)36-18-17-23(41)19-21(2)3)37-30(43)28-26-24(35(26,7)8)20-40(28)32(45)27(22-14-12-11-13-15-22)38-33(46)39-34(4,5)6/h9,21-22,24-28H,1,10-20H2,2-8H3,(H,36,44)(H,37,43)(H2,38,39,46)/t24-,25?,26-,27-,28-/m0/s1. The van der Waals surface area contributed by atoms with Gasteiger partial charge in [-0.15, -0.1) is 6.58 Å². The number of nitrogens with zero attached hydrogens (tertiary/aromatic N) is 1. The van der Waals surface area contributed by atoms with Gasteiger partial charge in [-0.3, -0.25) is 24.0 Å². The summed E-state index contributed by atoms with van der Waals surface area (Å²) in [6.07, 6.45) is 7.35. The molecule has 0 aromatic heterocycles. The van der Waals surface area contributed by atoms with Gasteiger partial charge in [0, 0.05) is 31.5 Å². The summed E-state index contributed by atoms with van der Waals surface area (Å²) in [6, 6.07) is -3.14. The summed E-state index contributed by atoms with van der Waals surface area (Å²) in [5.74, 6) is -2.25. The van der Waals surface area contributed by atoms with Gasteiger partial charge < -0.3 is 26.2 Å². The van der Waals surface area contributed by atoms with E-state index in [4.69, 9.17) is 0 Å². The molecule has 258 valence electrons. The Kier molecular flexibility index (Phi) is 12.6. The summed E-state index contributed by atoms with van der Waals surface area (Å²) in [6.45, 7) is 17.8. The van der Waals surface area contributed by atoms with Crippen LogP contribution in [0, 0.1) is 29.1 Å². The van der Waals surface area contributed by atoms with Gasteiger partial charge in [0.1, 0.15) is 17.9 Å². The van der Waals surface area contributed by atoms with Crippen molar-refractivity contribution in [2.24, 2.45) is 29.1 Å². The van der Waals surface area contributed by atoms with Crippen LogP contribution in [0.5, 0.6) is 0 Å². The lowest BCUT2D eigenvalue weighted by Crippen LogP contribution is -2.61. The van der Waals surface area contributed by atoms with Crippen molar-refractivity contribution in [3.05, 3.63) is 12.7 Å². The van der Waals surface area contributed by atoms with E-state index in [1.54, 1.807) is 11.0 Å². The first-order chi connectivity index (χ1) is 21.5. The second kappa shape index (κ2) is 15.6. The molecule has 4 N–H and O–H groups in total. The summed E-state index contributed by atoms with van der Waals surface area (Å²) in [5.41, 5.74) is -0.661. The van der Waals surface area contributed by atoms with Crippen molar-refractivity contribution < 1.29 is 28.8 Å². The number of Topliss-reactive ketones (excluding diaryl/α,β-unsaturated/α-hetero) is 2. The van der Waals surface area contributed by atoms with Gasteiger partial charge in [0.15, 0.2) is 0 Å². The van der Waals surface area contributed by atoms with E-state index in [0.29, 0.717) is 19.4 Å². The normalized spacial score (nSPS) is 23.5. The first-order valence-corrected chi connectivity index (χ1v) is 17.1. The third-order valence-corrected chi connectivity index (χ3v) is 9.76. The number of carbonyl (C=O) groups excluding carboxylic acids is 6. The molecule has 46 heavy (non-hydrogen) atoms. The molecule has 0 spiro atoms. The van der Waals surface area contributed by atoms with Gasteiger partial charge in [0.2, 0.25) is 17.6 Å². The van der Waals surface area contributed by atoms with E-state index in [-0.39, 0.29) is 60.2 Å². The average Bonchev–Trinajstić information content (AvgIpc) is 3.27. The monoisotopic (exact) mass is 643 g/mol. The predicted octanol–water partition coefficient (Wildman–Crippen LogP) is 3.66. The minimum absolute atomic E-state index is 0.00348. The van der Waals surface area contributed by atoms with E-state index in [1.165, 1.54) is 0 Å². The Bertz CT molecular complexity index is 1170. The molecule has 3 fully saturated rings. The number of carbonyl (C=O) groups is 6. The zero-order chi connectivity index (χ0) is 34.4. The van der Waals surface area contributed by atoms with Crippen LogP contribution in [0.3, 0.4) is 0 Å². The van der Waals surface area contributed by atoms with E-state index >= 15 is 0 Å². The van der Waals surface area contributed by atoms with Crippen LogP contribution in [-0.4, -0.2) is 77.0 Å². The maximum Gasteiger partial charge on any atom is 0.315 e. The smallest absolute Gasteiger partial charge is 0.315 e. The molecule has 11 heteroatoms. The Morgan fingerprint density at radius 3 is 2.24 bits per heavy atom. The summed E-state index contributed by atoms with van der Waals surface area (Å²) < 4.78 is 0. The molecule has 5 atom stereocenters. The summed E-state index contributed by atoms with van der Waals surface area (Å²) in [5, 5.41) is 11.2. The molecule has 1 unspecified atom stereocenters. The second-order valence-electron chi connectivity index (χ2n) is 15.5. The van der Waals surface area contributed by atoms with Crippen molar-refractivity contribution in [1.82, 2.24) is 26.2 Å². The zero-order valence-electron chi connectivity index (χ0n) is 29.0. The van der Waals surface area contributed by atoms with Crippen LogP contribution in [0.1, 0.15) is 106 Å². The van der Waals surface area contributed by atoms with Crippen LogP contribution >= 0.6 is 0 Å². The Labute approximate surface area is 274 Å². The minimum atomic E-state index is -1.11. The predicted molar refractivity (Wildman–Crippen MR) is 177 cm³/mol. The van der Waals surface area contributed by atoms with Gasteiger partial charge in [0.25, 0.3) is 5.91 Å². The molecule has 3 aliphatic rings. The summed E-state index contributed by atoms with van der Waals surface area (Å²) in [4.78, 5) is 81.1. The lowest BCUT2D eigenvalue weighted by Gasteiger charge is -2.37. The molecule has 3 rings (SSSR count). The average molecular weight is 644 g/mol. The lowest BCUT2D eigenvalue weighted by molar-refractivity contribution is -0.144. The zero-order valence-corrected chi connectivity index (χ0v) is 29.0. The number of piperidine rings is 1. The Hall–Kier alpha value is -3.24. The number of rotatable bonds is 15. The Morgan fingerprint density at radius 1 is 1.00 bits per heavy atom. The van der Waals surface area contributed by atoms with Crippen molar-refractivity contribution in [1.29, 1.82) is 0 Å². The first-order valence-electron chi connectivity index (χ1n) is 17.1. The van der Waals surface area contributed by atoms with Crippen LogP contribution in [0.2, 0.25) is 0 Å². The largest absolute Gasteiger partial charge is 0.349 e. The number of allylic oxidation sites excluding steroid dienone is 1. The number of ketones is 2. The first kappa shape index (κ1) is 37.2. The molecular formula is C35H57N5O6. The van der Waals surface area contributed by atoms with E-state index < -0.39 is 47.3 Å². The van der Waals surface area contributed by atoms with Crippen molar-refractivity contribution in [3.63, 3.8) is 0 Å². The highest BCUT2D eigenvalue weighted by atomic mass is 16.2. The van der Waals surface area contributed by atoms with Crippen molar-refractivity contribution in [3.8, 4) is 0 Å². The quantitative estimate of drug-likeness (QED) is 0.158. The topological polar surface area (TPSA) is 154 Å². The van der Waals surface area contributed by atoms with E-state index in [1.807, 2.05) is 34.6 Å². The number of nitrogens with one attached hydrogen (secondary N) is 4. The van der Waals surface area contributed by atoms with Crippen molar-refractivity contribution in [2.75, 3.05) is 13.1 Å². The molecule has 2 saturated carbocycles. The van der Waals surface area contributed by atoms with Gasteiger partial charge in [0.05, 0.1) is 6.04 Å². The Balaban J connectivity index is 1.78. The number of likely N-dealkylation sites (tertiary alicyclic amines) is 1. The van der Waals surface area contributed by atoms with Crippen molar-refractivity contribution in [2.45, 2.75) is 130 Å². The van der Waals surface area contributed by atoms with Gasteiger partial charge in [-0.25, -0.2) is 4.79 Å². The number of fused-ring (bicyclic) bond motifs is 1. The molecular weight excluding hydrogens is 586 g/mol. The van der Waals surface area contributed by atoms with Gasteiger partial charge in [-0.05, 0) is 75.5 Å². The third kappa shape index (κ3) is 9.64. The Morgan fingerprint density at radius 2 is 1.65 bits per heavy atom. The minimum Gasteiger partial charge on any atom is -0.349 e. The van der Waals surface area contributed by atoms with Crippen LogP contribution in [0.25, 0.3) is 0 Å². The molecule has 0 aromatic carbocycles. The molecule has 0 aromatic rings. The lowest BCUT2D eigenvalue weighted by atomic mass is 9.83. The van der Waals surface area contributed by atoms with Gasteiger partial charge >= 0.3 is 6.03 Å². The van der Waals surface area contributed by atoms with E-state index in [9.17, 15) is 28.8 Å². The molecule has 11 nitrogen and oxygen atoms in total.